The number of halogens is 3. The summed E-state index contributed by atoms with van der Waals surface area (Å²) in [5.41, 5.74) is 1.41. The van der Waals surface area contributed by atoms with Crippen molar-refractivity contribution in [3.8, 4) is 0 Å². The van der Waals surface area contributed by atoms with Crippen molar-refractivity contribution < 1.29 is 9.18 Å². The number of carbonyl (C=O) groups excluding carboxylic acids is 1. The molecule has 1 amide bonds. The van der Waals surface area contributed by atoms with E-state index < -0.39 is 0 Å². The second-order valence-electron chi connectivity index (χ2n) is 4.58. The third-order valence-corrected chi connectivity index (χ3v) is 5.13. The van der Waals surface area contributed by atoms with E-state index >= 15 is 0 Å². The molecule has 1 saturated heterocycles. The van der Waals surface area contributed by atoms with Crippen molar-refractivity contribution in [2.24, 2.45) is 0 Å². The molecule has 6 heteroatoms. The standard InChI is InChI=1S/C15H10Cl2FNOS/c16-12-5-4-11(7-13(12)17)19-14(20)8-21-15(19)9-2-1-3-10(18)6-9/h1-7,15H,8H2/t15-/m0/s1. The van der Waals surface area contributed by atoms with Crippen LogP contribution in [0.25, 0.3) is 0 Å². The molecule has 0 radical (unpaired) electrons. The maximum Gasteiger partial charge on any atom is 0.238 e. The van der Waals surface area contributed by atoms with Gasteiger partial charge in [0.2, 0.25) is 5.91 Å². The summed E-state index contributed by atoms with van der Waals surface area (Å²) in [5, 5.41) is 0.560. The van der Waals surface area contributed by atoms with Gasteiger partial charge in [0.25, 0.3) is 0 Å². The van der Waals surface area contributed by atoms with Gasteiger partial charge >= 0.3 is 0 Å². The molecular formula is C15H10Cl2FNOS. The van der Waals surface area contributed by atoms with Crippen LogP contribution in [-0.4, -0.2) is 11.7 Å². The SMILES string of the molecule is O=C1CS[C@@H](c2cccc(F)c2)N1c1ccc(Cl)c(Cl)c1. The fourth-order valence-electron chi connectivity index (χ4n) is 2.24. The zero-order chi connectivity index (χ0) is 15.0. The van der Waals surface area contributed by atoms with Crippen molar-refractivity contribution >= 4 is 46.6 Å². The first-order valence-corrected chi connectivity index (χ1v) is 8.01. The van der Waals surface area contributed by atoms with Crippen LogP contribution in [0.5, 0.6) is 0 Å². The van der Waals surface area contributed by atoms with Crippen LogP contribution >= 0.6 is 35.0 Å². The molecule has 1 atom stereocenters. The van der Waals surface area contributed by atoms with E-state index in [-0.39, 0.29) is 17.1 Å². The normalized spacial score (nSPS) is 18.3. The van der Waals surface area contributed by atoms with Crippen molar-refractivity contribution in [2.45, 2.75) is 5.37 Å². The third kappa shape index (κ3) is 2.89. The minimum Gasteiger partial charge on any atom is -0.295 e. The van der Waals surface area contributed by atoms with E-state index in [1.807, 2.05) is 6.07 Å². The molecule has 21 heavy (non-hydrogen) atoms. The number of amides is 1. The molecule has 2 aromatic rings. The fraction of sp³-hybridized carbons (Fsp3) is 0.133. The van der Waals surface area contributed by atoms with E-state index in [4.69, 9.17) is 23.2 Å². The summed E-state index contributed by atoms with van der Waals surface area (Å²) in [7, 11) is 0. The molecule has 1 heterocycles. The second-order valence-corrected chi connectivity index (χ2v) is 6.46. The summed E-state index contributed by atoms with van der Waals surface area (Å²) in [6.07, 6.45) is 0. The zero-order valence-electron chi connectivity index (χ0n) is 10.7. The number of carbonyl (C=O) groups is 1. The first-order valence-electron chi connectivity index (χ1n) is 6.20. The molecule has 0 bridgehead atoms. The van der Waals surface area contributed by atoms with Crippen LogP contribution in [0.15, 0.2) is 42.5 Å². The smallest absolute Gasteiger partial charge is 0.238 e. The van der Waals surface area contributed by atoms with Gasteiger partial charge in [-0.2, -0.15) is 0 Å². The number of hydrogen-bond acceptors (Lipinski definition) is 2. The monoisotopic (exact) mass is 341 g/mol. The van der Waals surface area contributed by atoms with Gasteiger partial charge in [0.15, 0.2) is 0 Å². The van der Waals surface area contributed by atoms with E-state index in [9.17, 15) is 9.18 Å². The molecule has 0 N–H and O–H groups in total. The van der Waals surface area contributed by atoms with Gasteiger partial charge in [0, 0.05) is 5.69 Å². The lowest BCUT2D eigenvalue weighted by Gasteiger charge is -2.24. The molecule has 108 valence electrons. The first kappa shape index (κ1) is 14.7. The summed E-state index contributed by atoms with van der Waals surface area (Å²) in [5.74, 6) is -0.00397. The zero-order valence-corrected chi connectivity index (χ0v) is 13.1. The molecule has 2 nitrogen and oxygen atoms in total. The van der Waals surface area contributed by atoms with Crippen LogP contribution in [0.2, 0.25) is 10.0 Å². The van der Waals surface area contributed by atoms with Gasteiger partial charge in [0.1, 0.15) is 11.2 Å². The Balaban J connectivity index is 2.01. The third-order valence-electron chi connectivity index (χ3n) is 3.18. The van der Waals surface area contributed by atoms with Crippen molar-refractivity contribution in [1.82, 2.24) is 0 Å². The maximum atomic E-state index is 13.4. The molecule has 0 aliphatic carbocycles. The van der Waals surface area contributed by atoms with Crippen molar-refractivity contribution in [3.05, 3.63) is 63.9 Å². The Bertz CT molecular complexity index is 710. The summed E-state index contributed by atoms with van der Waals surface area (Å²) in [6, 6.07) is 11.3. The molecule has 0 unspecified atom stereocenters. The summed E-state index contributed by atoms with van der Waals surface area (Å²) >= 11 is 13.4. The minimum absolute atomic E-state index is 0.0346. The van der Waals surface area contributed by atoms with Crippen molar-refractivity contribution in [3.63, 3.8) is 0 Å². The van der Waals surface area contributed by atoms with E-state index in [2.05, 4.69) is 0 Å². The molecule has 1 aliphatic heterocycles. The summed E-state index contributed by atoms with van der Waals surface area (Å²) in [4.78, 5) is 13.8. The quantitative estimate of drug-likeness (QED) is 0.773. The molecule has 0 aromatic heterocycles. The highest BCUT2D eigenvalue weighted by atomic mass is 35.5. The van der Waals surface area contributed by atoms with Crippen molar-refractivity contribution in [2.75, 3.05) is 10.7 Å². The van der Waals surface area contributed by atoms with Gasteiger partial charge in [-0.15, -0.1) is 11.8 Å². The lowest BCUT2D eigenvalue weighted by molar-refractivity contribution is -0.115. The Morgan fingerprint density at radius 1 is 1.14 bits per heavy atom. The van der Waals surface area contributed by atoms with E-state index in [0.717, 1.165) is 5.56 Å². The Morgan fingerprint density at radius 3 is 2.67 bits per heavy atom. The number of thioether (sulfide) groups is 1. The highest BCUT2D eigenvalue weighted by Crippen LogP contribution is 2.42. The van der Waals surface area contributed by atoms with Crippen LogP contribution in [0, 0.1) is 5.82 Å². The van der Waals surface area contributed by atoms with E-state index in [1.54, 1.807) is 29.2 Å². The van der Waals surface area contributed by atoms with Gasteiger partial charge in [-0.1, -0.05) is 35.3 Å². The lowest BCUT2D eigenvalue weighted by Crippen LogP contribution is -2.27. The maximum absolute atomic E-state index is 13.4. The predicted molar refractivity (Wildman–Crippen MR) is 85.5 cm³/mol. The molecular weight excluding hydrogens is 332 g/mol. The Hall–Kier alpha value is -1.23. The number of hydrogen-bond donors (Lipinski definition) is 0. The highest BCUT2D eigenvalue weighted by molar-refractivity contribution is 8.00. The Labute approximate surface area is 135 Å². The van der Waals surface area contributed by atoms with Gasteiger partial charge in [0.05, 0.1) is 15.8 Å². The average Bonchev–Trinajstić information content (AvgIpc) is 2.84. The van der Waals surface area contributed by atoms with Crippen LogP contribution in [-0.2, 0) is 4.79 Å². The second kappa shape index (κ2) is 5.87. The topological polar surface area (TPSA) is 20.3 Å². The molecule has 1 aliphatic rings. The van der Waals surface area contributed by atoms with E-state index in [0.29, 0.717) is 21.5 Å². The van der Waals surface area contributed by atoms with Gasteiger partial charge < -0.3 is 0 Å². The average molecular weight is 342 g/mol. The largest absolute Gasteiger partial charge is 0.295 e. The molecule has 2 aromatic carbocycles. The van der Waals surface area contributed by atoms with Crippen LogP contribution in [0.4, 0.5) is 10.1 Å². The van der Waals surface area contributed by atoms with Crippen LogP contribution in [0.3, 0.4) is 0 Å². The lowest BCUT2D eigenvalue weighted by atomic mass is 10.2. The molecule has 1 fully saturated rings. The fourth-order valence-corrected chi connectivity index (χ4v) is 3.70. The summed E-state index contributed by atoms with van der Waals surface area (Å²) < 4.78 is 13.4. The minimum atomic E-state index is -0.318. The van der Waals surface area contributed by atoms with E-state index in [1.165, 1.54) is 23.9 Å². The molecule has 0 spiro atoms. The predicted octanol–water partition coefficient (Wildman–Crippen LogP) is 4.91. The molecule has 3 rings (SSSR count). The van der Waals surface area contributed by atoms with Crippen LogP contribution < -0.4 is 4.90 Å². The van der Waals surface area contributed by atoms with Gasteiger partial charge in [-0.3, -0.25) is 9.69 Å². The summed E-state index contributed by atoms with van der Waals surface area (Å²) in [6.45, 7) is 0. The molecule has 0 saturated carbocycles. The number of benzene rings is 2. The van der Waals surface area contributed by atoms with Crippen LogP contribution in [0.1, 0.15) is 10.9 Å². The van der Waals surface area contributed by atoms with Crippen molar-refractivity contribution in [1.29, 1.82) is 0 Å². The first-order chi connectivity index (χ1) is 10.1. The number of rotatable bonds is 2. The number of anilines is 1. The van der Waals surface area contributed by atoms with Gasteiger partial charge in [-0.25, -0.2) is 4.39 Å². The highest BCUT2D eigenvalue weighted by Gasteiger charge is 2.34. The Morgan fingerprint density at radius 2 is 1.95 bits per heavy atom. The van der Waals surface area contributed by atoms with Gasteiger partial charge in [-0.05, 0) is 35.9 Å². The number of nitrogens with zero attached hydrogens (tertiary/aromatic N) is 1. The Kier molecular flexibility index (Phi) is 4.11.